The van der Waals surface area contributed by atoms with Crippen LogP contribution in [0, 0.1) is 11.8 Å². The zero-order valence-corrected chi connectivity index (χ0v) is 17.4. The lowest BCUT2D eigenvalue weighted by molar-refractivity contribution is 0.0697. The van der Waals surface area contributed by atoms with Crippen LogP contribution < -0.4 is 10.3 Å². The fourth-order valence-electron chi connectivity index (χ4n) is 3.29. The second-order valence-electron chi connectivity index (χ2n) is 7.24. The van der Waals surface area contributed by atoms with Crippen molar-refractivity contribution >= 4 is 16.9 Å². The van der Waals surface area contributed by atoms with Crippen LogP contribution in [0.15, 0.2) is 77.9 Å². The van der Waals surface area contributed by atoms with Crippen molar-refractivity contribution in [3.63, 3.8) is 0 Å². The van der Waals surface area contributed by atoms with Crippen LogP contribution in [-0.4, -0.2) is 27.7 Å². The average molecular weight is 424 g/mol. The van der Waals surface area contributed by atoms with Crippen LogP contribution in [0.3, 0.4) is 0 Å². The number of carboxylic acids is 1. The maximum Gasteiger partial charge on any atom is 0.335 e. The Morgan fingerprint density at radius 1 is 1.03 bits per heavy atom. The molecule has 1 aromatic heterocycles. The van der Waals surface area contributed by atoms with E-state index in [0.717, 1.165) is 22.4 Å². The van der Waals surface area contributed by atoms with Gasteiger partial charge in [-0.1, -0.05) is 36.1 Å². The third-order valence-corrected chi connectivity index (χ3v) is 5.06. The van der Waals surface area contributed by atoms with Crippen molar-refractivity contribution in [2.75, 3.05) is 7.11 Å². The van der Waals surface area contributed by atoms with Crippen LogP contribution in [0.5, 0.6) is 5.75 Å². The molecule has 4 rings (SSSR count). The molecule has 3 aromatic carbocycles. The molecule has 0 saturated carbocycles. The van der Waals surface area contributed by atoms with E-state index in [1.807, 2.05) is 30.3 Å². The van der Waals surface area contributed by atoms with E-state index >= 15 is 0 Å². The summed E-state index contributed by atoms with van der Waals surface area (Å²) in [7, 11) is 1.63. The number of hydrogen-bond acceptors (Lipinski definition) is 4. The van der Waals surface area contributed by atoms with Gasteiger partial charge in [0.1, 0.15) is 5.75 Å². The molecular weight excluding hydrogens is 404 g/mol. The predicted molar refractivity (Wildman–Crippen MR) is 122 cm³/mol. The summed E-state index contributed by atoms with van der Waals surface area (Å²) in [5.41, 5.74) is 3.28. The minimum Gasteiger partial charge on any atom is -0.497 e. The summed E-state index contributed by atoms with van der Waals surface area (Å²) in [4.78, 5) is 28.4. The van der Waals surface area contributed by atoms with Gasteiger partial charge in [-0.2, -0.15) is 0 Å². The molecule has 1 heterocycles. The maximum absolute atomic E-state index is 13.0. The van der Waals surface area contributed by atoms with Gasteiger partial charge in [0.25, 0.3) is 5.56 Å². The molecule has 6 heteroatoms. The lowest BCUT2D eigenvalue weighted by Crippen LogP contribution is -2.21. The Morgan fingerprint density at radius 3 is 2.44 bits per heavy atom. The van der Waals surface area contributed by atoms with Crippen LogP contribution in [0.25, 0.3) is 10.9 Å². The first-order valence-corrected chi connectivity index (χ1v) is 9.97. The summed E-state index contributed by atoms with van der Waals surface area (Å²) < 4.78 is 6.67. The maximum atomic E-state index is 13.0. The van der Waals surface area contributed by atoms with Crippen molar-refractivity contribution in [1.82, 2.24) is 9.55 Å². The summed E-state index contributed by atoms with van der Waals surface area (Å²) in [6, 6.07) is 19.6. The zero-order chi connectivity index (χ0) is 22.5. The Bertz CT molecular complexity index is 1390. The number of benzene rings is 3. The second-order valence-corrected chi connectivity index (χ2v) is 7.24. The van der Waals surface area contributed by atoms with Gasteiger partial charge in [-0.05, 0) is 53.6 Å². The van der Waals surface area contributed by atoms with Gasteiger partial charge in [-0.15, -0.1) is 0 Å². The van der Waals surface area contributed by atoms with Crippen molar-refractivity contribution in [2.24, 2.45) is 0 Å². The number of fused-ring (bicyclic) bond motifs is 1. The van der Waals surface area contributed by atoms with Crippen molar-refractivity contribution in [1.29, 1.82) is 0 Å². The highest BCUT2D eigenvalue weighted by Gasteiger charge is 2.07. The number of aromatic carboxylic acids is 1. The topological polar surface area (TPSA) is 81.4 Å². The second kappa shape index (κ2) is 9.19. The molecule has 0 radical (unpaired) electrons. The normalized spacial score (nSPS) is 10.4. The summed E-state index contributed by atoms with van der Waals surface area (Å²) >= 11 is 0. The van der Waals surface area contributed by atoms with Crippen molar-refractivity contribution in [3.8, 4) is 17.6 Å². The molecule has 4 aromatic rings. The van der Waals surface area contributed by atoms with E-state index in [1.165, 1.54) is 23.0 Å². The van der Waals surface area contributed by atoms with E-state index in [0.29, 0.717) is 23.9 Å². The Kier molecular flexibility index (Phi) is 6.00. The highest BCUT2D eigenvalue weighted by Crippen LogP contribution is 2.13. The fraction of sp³-hybridized carbons (Fsp3) is 0.115. The van der Waals surface area contributed by atoms with Crippen molar-refractivity contribution < 1.29 is 14.6 Å². The summed E-state index contributed by atoms with van der Waals surface area (Å²) in [5.74, 6) is 6.07. The molecule has 0 saturated heterocycles. The number of aromatic nitrogens is 2. The van der Waals surface area contributed by atoms with Gasteiger partial charge in [0.05, 0.1) is 36.4 Å². The summed E-state index contributed by atoms with van der Waals surface area (Å²) in [6.45, 7) is 0.301. The predicted octanol–water partition coefficient (Wildman–Crippen LogP) is 3.75. The molecule has 0 aliphatic rings. The van der Waals surface area contributed by atoms with Gasteiger partial charge < -0.3 is 9.84 Å². The van der Waals surface area contributed by atoms with Gasteiger partial charge in [0.2, 0.25) is 0 Å². The average Bonchev–Trinajstić information content (AvgIpc) is 2.82. The van der Waals surface area contributed by atoms with E-state index in [1.54, 1.807) is 31.4 Å². The Morgan fingerprint density at radius 2 is 1.75 bits per heavy atom. The van der Waals surface area contributed by atoms with E-state index < -0.39 is 5.97 Å². The van der Waals surface area contributed by atoms with E-state index in [2.05, 4.69) is 16.8 Å². The zero-order valence-electron chi connectivity index (χ0n) is 17.4. The molecule has 0 fully saturated rings. The molecule has 32 heavy (non-hydrogen) atoms. The van der Waals surface area contributed by atoms with E-state index in [4.69, 9.17) is 9.84 Å². The molecular formula is C26H20N2O4. The van der Waals surface area contributed by atoms with Crippen LogP contribution in [0.1, 0.15) is 27.0 Å². The highest BCUT2D eigenvalue weighted by atomic mass is 16.5. The monoisotopic (exact) mass is 424 g/mol. The molecule has 1 N–H and O–H groups in total. The minimum absolute atomic E-state index is 0.170. The number of carboxylic acid groups (broad SMARTS) is 1. The highest BCUT2D eigenvalue weighted by molar-refractivity contribution is 5.87. The first-order valence-electron chi connectivity index (χ1n) is 9.97. The minimum atomic E-state index is -0.985. The molecule has 0 unspecified atom stereocenters. The van der Waals surface area contributed by atoms with Crippen LogP contribution in [-0.2, 0) is 13.0 Å². The SMILES string of the molecule is COc1ccc(CC#Cc2ccc3ncn(Cc4ccc(C(=O)O)cc4)c(=O)c3c2)cc1. The van der Waals surface area contributed by atoms with Crippen LogP contribution in [0.4, 0.5) is 0 Å². The lowest BCUT2D eigenvalue weighted by Gasteiger charge is -2.07. The van der Waals surface area contributed by atoms with Crippen molar-refractivity contribution in [3.05, 3.63) is 106 Å². The number of nitrogens with zero attached hydrogens (tertiary/aromatic N) is 2. The fourth-order valence-corrected chi connectivity index (χ4v) is 3.29. The third kappa shape index (κ3) is 4.68. The number of rotatable bonds is 5. The number of carbonyl (C=O) groups is 1. The third-order valence-electron chi connectivity index (χ3n) is 5.06. The van der Waals surface area contributed by atoms with Gasteiger partial charge >= 0.3 is 5.97 Å². The number of methoxy groups -OCH3 is 1. The van der Waals surface area contributed by atoms with Crippen LogP contribution in [0.2, 0.25) is 0 Å². The summed E-state index contributed by atoms with van der Waals surface area (Å²) in [5, 5.41) is 9.51. The largest absolute Gasteiger partial charge is 0.497 e. The quantitative estimate of drug-likeness (QED) is 0.494. The Labute approximate surface area is 184 Å². The van der Waals surface area contributed by atoms with Gasteiger partial charge in [-0.25, -0.2) is 9.78 Å². The lowest BCUT2D eigenvalue weighted by atomic mass is 10.1. The molecule has 158 valence electrons. The number of ether oxygens (including phenoxy) is 1. The van der Waals surface area contributed by atoms with Gasteiger partial charge in [-0.3, -0.25) is 9.36 Å². The van der Waals surface area contributed by atoms with Crippen molar-refractivity contribution in [2.45, 2.75) is 13.0 Å². The molecule has 0 bridgehead atoms. The van der Waals surface area contributed by atoms with E-state index in [-0.39, 0.29) is 11.1 Å². The molecule has 0 atom stereocenters. The number of hydrogen-bond donors (Lipinski definition) is 1. The Balaban J connectivity index is 1.56. The molecule has 0 aliphatic carbocycles. The molecule has 0 aliphatic heterocycles. The van der Waals surface area contributed by atoms with Crippen LogP contribution >= 0.6 is 0 Å². The Hall–Kier alpha value is -4.37. The standard InChI is InChI=1S/C26H20N2O4/c1-32-22-12-7-18(8-13-22)3-2-4-19-9-14-24-23(15-19)25(29)28(17-27-24)16-20-5-10-21(11-6-20)26(30)31/h5-15,17H,3,16H2,1H3,(H,30,31). The smallest absolute Gasteiger partial charge is 0.335 e. The molecule has 0 amide bonds. The van der Waals surface area contributed by atoms with E-state index in [9.17, 15) is 9.59 Å². The summed E-state index contributed by atoms with van der Waals surface area (Å²) in [6.07, 6.45) is 2.09. The first kappa shape index (κ1) is 20.9. The first-order chi connectivity index (χ1) is 15.5. The molecule has 6 nitrogen and oxygen atoms in total. The van der Waals surface area contributed by atoms with Gasteiger partial charge in [0, 0.05) is 12.0 Å². The molecule has 0 spiro atoms. The van der Waals surface area contributed by atoms with Gasteiger partial charge in [0.15, 0.2) is 0 Å².